The number of sulfonamides is 1. The van der Waals surface area contributed by atoms with Gasteiger partial charge in [-0.15, -0.1) is 0 Å². The molecular formula is C10H10N2O5S. The summed E-state index contributed by atoms with van der Waals surface area (Å²) < 4.78 is 24.8. The molecule has 0 aromatic heterocycles. The van der Waals surface area contributed by atoms with Crippen LogP contribution in [0.1, 0.15) is 20.7 Å². The van der Waals surface area contributed by atoms with Crippen LogP contribution in [0.2, 0.25) is 0 Å². The first-order valence-corrected chi connectivity index (χ1v) is 6.35. The number of carboxylic acids is 1. The Morgan fingerprint density at radius 2 is 1.94 bits per heavy atom. The van der Waals surface area contributed by atoms with Crippen molar-refractivity contribution in [2.75, 3.05) is 14.1 Å². The van der Waals surface area contributed by atoms with Crippen molar-refractivity contribution in [2.45, 2.75) is 4.90 Å². The van der Waals surface area contributed by atoms with Crippen LogP contribution in [-0.2, 0) is 10.0 Å². The second kappa shape index (κ2) is 3.79. The number of fused-ring (bicyclic) bond motifs is 1. The molecule has 0 fully saturated rings. The predicted octanol–water partition coefficient (Wildman–Crippen LogP) is 0.00590. The molecule has 8 heteroatoms. The van der Waals surface area contributed by atoms with E-state index in [1.807, 2.05) is 0 Å². The van der Waals surface area contributed by atoms with Gasteiger partial charge in [-0.25, -0.2) is 9.80 Å². The molecule has 0 bridgehead atoms. The van der Waals surface area contributed by atoms with Crippen LogP contribution in [0.25, 0.3) is 0 Å². The van der Waals surface area contributed by atoms with Crippen molar-refractivity contribution < 1.29 is 23.1 Å². The number of carboxylic acid groups (broad SMARTS) is 1. The van der Waals surface area contributed by atoms with Gasteiger partial charge in [0, 0.05) is 14.1 Å². The molecule has 18 heavy (non-hydrogen) atoms. The third kappa shape index (κ3) is 1.57. The Kier molecular flexibility index (Phi) is 2.63. The zero-order valence-corrected chi connectivity index (χ0v) is 10.4. The second-order valence-corrected chi connectivity index (χ2v) is 5.65. The molecule has 1 aromatic rings. The van der Waals surface area contributed by atoms with Gasteiger partial charge < -0.3 is 5.11 Å². The van der Waals surface area contributed by atoms with Crippen molar-refractivity contribution in [1.82, 2.24) is 9.42 Å². The summed E-state index contributed by atoms with van der Waals surface area (Å²) in [5, 5.41) is 9.96. The molecule has 1 amide bonds. The standard InChI is InChI=1S/C10H10N2O5S/c1-11(2)12-9(13)7-4-3-6(10(14)15)5-8(7)18(12,16)17/h3-5H,1-2H3,(H,14,15). The average molecular weight is 270 g/mol. The van der Waals surface area contributed by atoms with Gasteiger partial charge in [0.05, 0.1) is 11.1 Å². The van der Waals surface area contributed by atoms with E-state index in [-0.39, 0.29) is 16.0 Å². The number of benzene rings is 1. The highest BCUT2D eigenvalue weighted by Gasteiger charge is 2.43. The molecule has 0 unspecified atom stereocenters. The van der Waals surface area contributed by atoms with Crippen molar-refractivity contribution in [3.8, 4) is 0 Å². The van der Waals surface area contributed by atoms with Gasteiger partial charge in [0.15, 0.2) is 0 Å². The summed E-state index contributed by atoms with van der Waals surface area (Å²) in [6.07, 6.45) is 0. The van der Waals surface area contributed by atoms with E-state index in [1.54, 1.807) is 0 Å². The molecule has 1 aliphatic rings. The lowest BCUT2D eigenvalue weighted by Gasteiger charge is -2.21. The first kappa shape index (κ1) is 12.5. The van der Waals surface area contributed by atoms with Gasteiger partial charge in [0.25, 0.3) is 15.9 Å². The molecule has 1 aromatic carbocycles. The molecular weight excluding hydrogens is 260 g/mol. The molecule has 0 aliphatic carbocycles. The summed E-state index contributed by atoms with van der Waals surface area (Å²) in [5.74, 6) is -1.93. The SMILES string of the molecule is CN(C)N1C(=O)c2ccc(C(=O)O)cc2S1(=O)=O. The van der Waals surface area contributed by atoms with Crippen molar-refractivity contribution in [2.24, 2.45) is 0 Å². The third-order valence-electron chi connectivity index (χ3n) is 2.50. The van der Waals surface area contributed by atoms with Crippen molar-refractivity contribution in [3.05, 3.63) is 29.3 Å². The zero-order valence-electron chi connectivity index (χ0n) is 9.61. The quantitative estimate of drug-likeness (QED) is 0.813. The summed E-state index contributed by atoms with van der Waals surface area (Å²) in [5.41, 5.74) is -0.195. The smallest absolute Gasteiger partial charge is 0.335 e. The topological polar surface area (TPSA) is 95.0 Å². The van der Waals surface area contributed by atoms with Gasteiger partial charge in [0.1, 0.15) is 4.90 Å². The van der Waals surface area contributed by atoms with Crippen LogP contribution < -0.4 is 0 Å². The molecule has 1 aliphatic heterocycles. The monoisotopic (exact) mass is 270 g/mol. The lowest BCUT2D eigenvalue weighted by atomic mass is 10.1. The number of nitrogens with zero attached hydrogens (tertiary/aromatic N) is 2. The van der Waals surface area contributed by atoms with Crippen LogP contribution in [-0.4, -0.2) is 48.9 Å². The van der Waals surface area contributed by atoms with Gasteiger partial charge >= 0.3 is 5.97 Å². The Morgan fingerprint density at radius 1 is 1.33 bits per heavy atom. The van der Waals surface area contributed by atoms with Gasteiger partial charge in [-0.3, -0.25) is 4.79 Å². The second-order valence-electron chi connectivity index (χ2n) is 3.92. The minimum absolute atomic E-state index is 0.0197. The Balaban J connectivity index is 2.70. The van der Waals surface area contributed by atoms with Gasteiger partial charge in [-0.1, -0.05) is 0 Å². The normalized spacial score (nSPS) is 17.1. The Morgan fingerprint density at radius 3 is 2.44 bits per heavy atom. The number of carbonyl (C=O) groups is 2. The van der Waals surface area contributed by atoms with Crippen molar-refractivity contribution >= 4 is 21.9 Å². The Labute approximate surface area is 103 Å². The first-order chi connectivity index (χ1) is 8.26. The van der Waals surface area contributed by atoms with E-state index in [0.29, 0.717) is 4.41 Å². The van der Waals surface area contributed by atoms with Crippen LogP contribution in [0.3, 0.4) is 0 Å². The minimum atomic E-state index is -4.00. The summed E-state index contributed by atoms with van der Waals surface area (Å²) in [6.45, 7) is 0. The van der Waals surface area contributed by atoms with E-state index in [4.69, 9.17) is 5.11 Å². The molecule has 2 rings (SSSR count). The number of rotatable bonds is 2. The average Bonchev–Trinajstić information content (AvgIpc) is 2.46. The van der Waals surface area contributed by atoms with Crippen LogP contribution in [0.5, 0.6) is 0 Å². The van der Waals surface area contributed by atoms with Crippen LogP contribution in [0.4, 0.5) is 0 Å². The maximum Gasteiger partial charge on any atom is 0.335 e. The zero-order chi connectivity index (χ0) is 13.7. The van der Waals surface area contributed by atoms with Crippen molar-refractivity contribution in [1.29, 1.82) is 0 Å². The molecule has 1 heterocycles. The number of hydrazine groups is 1. The summed E-state index contributed by atoms with van der Waals surface area (Å²) in [6, 6.07) is 3.41. The highest BCUT2D eigenvalue weighted by molar-refractivity contribution is 7.90. The molecule has 96 valence electrons. The summed E-state index contributed by atoms with van der Waals surface area (Å²) in [7, 11) is -1.17. The van der Waals surface area contributed by atoms with E-state index in [2.05, 4.69) is 0 Å². The maximum absolute atomic E-state index is 12.1. The van der Waals surface area contributed by atoms with Gasteiger partial charge in [-0.05, 0) is 18.2 Å². The number of aromatic carboxylic acids is 1. The van der Waals surface area contributed by atoms with Gasteiger partial charge in [-0.2, -0.15) is 12.8 Å². The largest absolute Gasteiger partial charge is 0.478 e. The molecule has 1 N–H and O–H groups in total. The van der Waals surface area contributed by atoms with E-state index in [1.165, 1.54) is 26.2 Å². The molecule has 0 atom stereocenters. The third-order valence-corrected chi connectivity index (χ3v) is 4.34. The van der Waals surface area contributed by atoms with Gasteiger partial charge in [0.2, 0.25) is 0 Å². The summed E-state index contributed by atoms with van der Waals surface area (Å²) in [4.78, 5) is 22.4. The van der Waals surface area contributed by atoms with Crippen LogP contribution >= 0.6 is 0 Å². The van der Waals surface area contributed by atoms with E-state index >= 15 is 0 Å². The first-order valence-electron chi connectivity index (χ1n) is 4.91. The lowest BCUT2D eigenvalue weighted by molar-refractivity contribution is 0.0603. The van der Waals surface area contributed by atoms with E-state index < -0.39 is 21.9 Å². The number of hydrogen-bond donors (Lipinski definition) is 1. The Bertz CT molecular complexity index is 650. The molecule has 0 spiro atoms. The summed E-state index contributed by atoms with van der Waals surface area (Å²) >= 11 is 0. The fourth-order valence-electron chi connectivity index (χ4n) is 1.75. The Hall–Kier alpha value is -1.93. The highest BCUT2D eigenvalue weighted by atomic mass is 32.2. The lowest BCUT2D eigenvalue weighted by Crippen LogP contribution is -2.41. The van der Waals surface area contributed by atoms with Crippen LogP contribution in [0, 0.1) is 0 Å². The molecule has 0 radical (unpaired) electrons. The number of carbonyl (C=O) groups excluding carboxylic acids is 1. The molecule has 0 saturated carbocycles. The number of amides is 1. The van der Waals surface area contributed by atoms with Crippen LogP contribution in [0.15, 0.2) is 23.1 Å². The number of hydrogen-bond acceptors (Lipinski definition) is 5. The van der Waals surface area contributed by atoms with E-state index in [9.17, 15) is 18.0 Å². The predicted molar refractivity (Wildman–Crippen MR) is 60.4 cm³/mol. The molecule has 0 saturated heterocycles. The van der Waals surface area contributed by atoms with Crippen molar-refractivity contribution in [3.63, 3.8) is 0 Å². The van der Waals surface area contributed by atoms with E-state index in [0.717, 1.165) is 11.1 Å². The fourth-order valence-corrected chi connectivity index (χ4v) is 3.39. The fraction of sp³-hybridized carbons (Fsp3) is 0.200. The molecule has 7 nitrogen and oxygen atoms in total. The maximum atomic E-state index is 12.1. The highest BCUT2D eigenvalue weighted by Crippen LogP contribution is 2.31. The minimum Gasteiger partial charge on any atom is -0.478 e.